The van der Waals surface area contributed by atoms with Crippen molar-refractivity contribution in [1.29, 1.82) is 0 Å². The van der Waals surface area contributed by atoms with Crippen molar-refractivity contribution < 1.29 is 4.74 Å². The van der Waals surface area contributed by atoms with Gasteiger partial charge in [0.05, 0.1) is 18.5 Å². The molecule has 0 unspecified atom stereocenters. The zero-order valence-electron chi connectivity index (χ0n) is 16.6. The van der Waals surface area contributed by atoms with Crippen LogP contribution in [0.2, 0.25) is 0 Å². The van der Waals surface area contributed by atoms with Gasteiger partial charge >= 0.3 is 0 Å². The van der Waals surface area contributed by atoms with Gasteiger partial charge in [-0.05, 0) is 49.2 Å². The van der Waals surface area contributed by atoms with Crippen LogP contribution in [-0.2, 0) is 6.42 Å². The van der Waals surface area contributed by atoms with E-state index in [1.54, 1.807) is 17.6 Å². The second-order valence-corrected chi connectivity index (χ2v) is 7.28. The number of ether oxygens (including phenoxy) is 1. The molecule has 6 nitrogen and oxygen atoms in total. The highest BCUT2D eigenvalue weighted by atomic mass is 16.5. The summed E-state index contributed by atoms with van der Waals surface area (Å²) in [4.78, 5) is 19.9. The van der Waals surface area contributed by atoms with Gasteiger partial charge in [0, 0.05) is 43.5 Å². The molecule has 1 fully saturated rings. The third-order valence-electron chi connectivity index (χ3n) is 5.33. The lowest BCUT2D eigenvalue weighted by molar-refractivity contribution is 0.410. The molecule has 0 bridgehead atoms. The van der Waals surface area contributed by atoms with E-state index in [1.807, 2.05) is 30.5 Å². The first-order chi connectivity index (χ1) is 13.6. The van der Waals surface area contributed by atoms with Gasteiger partial charge in [-0.3, -0.25) is 9.20 Å². The number of rotatable bonds is 4. The number of fused-ring (bicyclic) bond motifs is 1. The van der Waals surface area contributed by atoms with Gasteiger partial charge in [0.2, 0.25) is 0 Å². The molecule has 0 amide bonds. The minimum absolute atomic E-state index is 0.0705. The van der Waals surface area contributed by atoms with Crippen LogP contribution < -0.4 is 20.5 Å². The molecule has 6 heteroatoms. The van der Waals surface area contributed by atoms with E-state index >= 15 is 0 Å². The first kappa shape index (κ1) is 18.5. The van der Waals surface area contributed by atoms with Crippen LogP contribution in [0.15, 0.2) is 47.4 Å². The summed E-state index contributed by atoms with van der Waals surface area (Å²) in [5.41, 5.74) is 4.35. The average Bonchev–Trinajstić information content (AvgIpc) is 2.73. The Morgan fingerprint density at radius 3 is 2.86 bits per heavy atom. The zero-order valence-corrected chi connectivity index (χ0v) is 16.6. The fraction of sp³-hybridized carbons (Fsp3) is 0.364. The lowest BCUT2D eigenvalue weighted by Gasteiger charge is -2.33. The smallest absolute Gasteiger partial charge is 0.258 e. The van der Waals surface area contributed by atoms with Crippen molar-refractivity contribution in [3.63, 3.8) is 0 Å². The summed E-state index contributed by atoms with van der Waals surface area (Å²) in [5.74, 6) is 0.860. The van der Waals surface area contributed by atoms with Crippen molar-refractivity contribution in [2.75, 3.05) is 31.6 Å². The number of aryl methyl sites for hydroxylation is 1. The molecular weight excluding hydrogens is 352 g/mol. The molecule has 0 radical (unpaired) electrons. The number of piperazine rings is 1. The van der Waals surface area contributed by atoms with Crippen molar-refractivity contribution >= 4 is 11.3 Å². The third kappa shape index (κ3) is 3.47. The second-order valence-electron chi connectivity index (χ2n) is 7.28. The summed E-state index contributed by atoms with van der Waals surface area (Å²) >= 11 is 0. The average molecular weight is 378 g/mol. The maximum absolute atomic E-state index is 12.8. The molecular formula is C22H26N4O2. The fourth-order valence-corrected chi connectivity index (χ4v) is 3.81. The molecule has 146 valence electrons. The summed E-state index contributed by atoms with van der Waals surface area (Å²) in [7, 11) is 1.67. The number of pyridine rings is 1. The maximum atomic E-state index is 12.8. The summed E-state index contributed by atoms with van der Waals surface area (Å²) in [6.07, 6.45) is 2.76. The predicted molar refractivity (Wildman–Crippen MR) is 113 cm³/mol. The molecule has 1 atom stereocenters. The van der Waals surface area contributed by atoms with Crippen molar-refractivity contribution in [3.8, 4) is 17.0 Å². The molecule has 3 aromatic rings. The van der Waals surface area contributed by atoms with Crippen LogP contribution in [0.3, 0.4) is 0 Å². The Morgan fingerprint density at radius 2 is 2.11 bits per heavy atom. The first-order valence-electron chi connectivity index (χ1n) is 9.78. The molecule has 3 heterocycles. The van der Waals surface area contributed by atoms with E-state index in [1.165, 1.54) is 0 Å². The molecule has 4 rings (SSSR count). The molecule has 28 heavy (non-hydrogen) atoms. The SMILES string of the molecule is CCc1cc(-c2cc(=O)n3cc(N4CCN[C@@H](C)C4)ccc3n2)ccc1OC. The van der Waals surface area contributed by atoms with E-state index < -0.39 is 0 Å². The highest BCUT2D eigenvalue weighted by Crippen LogP contribution is 2.26. The highest BCUT2D eigenvalue weighted by molar-refractivity contribution is 5.65. The van der Waals surface area contributed by atoms with Crippen LogP contribution >= 0.6 is 0 Å². The van der Waals surface area contributed by atoms with Gasteiger partial charge in [-0.25, -0.2) is 4.98 Å². The Hall–Kier alpha value is -2.86. The van der Waals surface area contributed by atoms with E-state index in [-0.39, 0.29) is 5.56 Å². The van der Waals surface area contributed by atoms with Gasteiger partial charge in [0.25, 0.3) is 5.56 Å². The fourth-order valence-electron chi connectivity index (χ4n) is 3.81. The monoisotopic (exact) mass is 378 g/mol. The molecule has 1 aliphatic rings. The van der Waals surface area contributed by atoms with Crippen molar-refractivity contribution in [2.45, 2.75) is 26.3 Å². The Labute approximate surface area is 164 Å². The van der Waals surface area contributed by atoms with Crippen LogP contribution in [0.1, 0.15) is 19.4 Å². The normalized spacial score (nSPS) is 17.1. The van der Waals surface area contributed by atoms with Crippen LogP contribution in [0, 0.1) is 0 Å². The van der Waals surface area contributed by atoms with E-state index in [9.17, 15) is 4.79 Å². The Morgan fingerprint density at radius 1 is 1.25 bits per heavy atom. The van der Waals surface area contributed by atoms with Gasteiger partial charge in [-0.1, -0.05) is 6.92 Å². The van der Waals surface area contributed by atoms with Gasteiger partial charge in [0.15, 0.2) is 0 Å². The van der Waals surface area contributed by atoms with E-state index in [4.69, 9.17) is 9.72 Å². The summed E-state index contributed by atoms with van der Waals surface area (Å²) < 4.78 is 7.04. The van der Waals surface area contributed by atoms with Crippen LogP contribution in [0.25, 0.3) is 16.9 Å². The summed E-state index contributed by atoms with van der Waals surface area (Å²) in [5, 5.41) is 3.44. The lowest BCUT2D eigenvalue weighted by atomic mass is 10.0. The Bertz CT molecular complexity index is 1060. The minimum Gasteiger partial charge on any atom is -0.496 e. The highest BCUT2D eigenvalue weighted by Gasteiger charge is 2.17. The number of nitrogens with zero attached hydrogens (tertiary/aromatic N) is 3. The van der Waals surface area contributed by atoms with Crippen molar-refractivity contribution in [2.24, 2.45) is 0 Å². The van der Waals surface area contributed by atoms with Gasteiger partial charge in [-0.15, -0.1) is 0 Å². The molecule has 1 saturated heterocycles. The molecule has 1 aromatic carbocycles. The van der Waals surface area contributed by atoms with E-state index in [2.05, 4.69) is 30.1 Å². The third-order valence-corrected chi connectivity index (χ3v) is 5.33. The first-order valence-corrected chi connectivity index (χ1v) is 9.78. The number of nitrogens with one attached hydrogen (secondary N) is 1. The largest absolute Gasteiger partial charge is 0.496 e. The molecule has 1 aliphatic heterocycles. The zero-order chi connectivity index (χ0) is 19.7. The van der Waals surface area contributed by atoms with Gasteiger partial charge in [-0.2, -0.15) is 0 Å². The van der Waals surface area contributed by atoms with E-state index in [0.29, 0.717) is 17.4 Å². The predicted octanol–water partition coefficient (Wildman–Crippen LogP) is 2.73. The van der Waals surface area contributed by atoms with Crippen molar-refractivity contribution in [3.05, 3.63) is 58.5 Å². The molecule has 0 aliphatic carbocycles. The lowest BCUT2D eigenvalue weighted by Crippen LogP contribution is -2.49. The number of methoxy groups -OCH3 is 1. The van der Waals surface area contributed by atoms with Crippen LogP contribution in [0.4, 0.5) is 5.69 Å². The van der Waals surface area contributed by atoms with Gasteiger partial charge in [0.1, 0.15) is 11.4 Å². The Kier molecular flexibility index (Phi) is 5.05. The standard InChI is InChI=1S/C22H26N4O2/c1-4-16-11-17(5-7-20(16)28-3)19-12-22(27)26-14-18(6-8-21(26)24-19)25-10-9-23-15(2)13-25/h5-8,11-12,14-15,23H,4,9-10,13H2,1-3H3/t15-/m0/s1. The number of aromatic nitrogens is 2. The molecule has 2 aromatic heterocycles. The number of hydrogen-bond acceptors (Lipinski definition) is 5. The topological polar surface area (TPSA) is 58.9 Å². The summed E-state index contributed by atoms with van der Waals surface area (Å²) in [6, 6.07) is 12.0. The Balaban J connectivity index is 1.73. The number of anilines is 1. The van der Waals surface area contributed by atoms with Crippen LogP contribution in [0.5, 0.6) is 5.75 Å². The second kappa shape index (κ2) is 7.64. The quantitative estimate of drug-likeness (QED) is 0.757. The molecule has 0 spiro atoms. The van der Waals surface area contributed by atoms with E-state index in [0.717, 1.165) is 48.6 Å². The molecule has 0 saturated carbocycles. The maximum Gasteiger partial charge on any atom is 0.258 e. The molecule has 1 N–H and O–H groups in total. The number of hydrogen-bond donors (Lipinski definition) is 1. The number of benzene rings is 1. The summed E-state index contributed by atoms with van der Waals surface area (Å²) in [6.45, 7) is 7.07. The van der Waals surface area contributed by atoms with Crippen molar-refractivity contribution in [1.82, 2.24) is 14.7 Å². The van der Waals surface area contributed by atoms with Crippen LogP contribution in [-0.4, -0.2) is 42.2 Å². The van der Waals surface area contributed by atoms with Gasteiger partial charge < -0.3 is 15.0 Å². The minimum atomic E-state index is -0.0705.